The molecule has 1 aliphatic heterocycles. The van der Waals surface area contributed by atoms with Crippen molar-refractivity contribution in [1.29, 1.82) is 0 Å². The molecule has 3 rings (SSSR count). The number of ether oxygens (including phenoxy) is 1. The quantitative estimate of drug-likeness (QED) is 0.879. The van der Waals surface area contributed by atoms with Crippen molar-refractivity contribution in [2.75, 3.05) is 20.2 Å². The Morgan fingerprint density at radius 2 is 2.08 bits per heavy atom. The van der Waals surface area contributed by atoms with Crippen LogP contribution in [0.1, 0.15) is 35.2 Å². The second-order valence-electron chi connectivity index (χ2n) is 6.38. The molecule has 25 heavy (non-hydrogen) atoms. The molecule has 0 radical (unpaired) electrons. The molecule has 0 bridgehead atoms. The minimum atomic E-state index is -0.129. The number of carbonyl (C=O) groups excluding carboxylic acids is 1. The van der Waals surface area contributed by atoms with Crippen LogP contribution in [0.3, 0.4) is 0 Å². The average molecular weight is 339 g/mol. The van der Waals surface area contributed by atoms with E-state index >= 15 is 0 Å². The number of carbonyl (C=O) groups is 1. The average Bonchev–Trinajstić information content (AvgIpc) is 2.68. The van der Waals surface area contributed by atoms with Gasteiger partial charge in [0.2, 0.25) is 5.88 Å². The number of rotatable bonds is 6. The summed E-state index contributed by atoms with van der Waals surface area (Å²) in [6.07, 6.45) is 5.16. The number of likely N-dealkylation sites (tertiary alicyclic amines) is 1. The molecule has 1 N–H and O–H groups in total. The van der Waals surface area contributed by atoms with Gasteiger partial charge in [-0.3, -0.25) is 9.69 Å². The molecule has 0 saturated carbocycles. The third-order valence-corrected chi connectivity index (χ3v) is 4.68. The molecular formula is C20H25N3O2. The lowest BCUT2D eigenvalue weighted by atomic mass is 10.0. The van der Waals surface area contributed by atoms with Crippen LogP contribution < -0.4 is 10.1 Å². The molecule has 2 heterocycles. The first-order valence-electron chi connectivity index (χ1n) is 8.83. The highest BCUT2D eigenvalue weighted by molar-refractivity contribution is 5.96. The summed E-state index contributed by atoms with van der Waals surface area (Å²) < 4.78 is 5.18. The number of pyridine rings is 1. The van der Waals surface area contributed by atoms with Crippen LogP contribution in [-0.4, -0.2) is 42.0 Å². The number of aromatic nitrogens is 1. The fraction of sp³-hybridized carbons (Fsp3) is 0.400. The third kappa shape index (κ3) is 4.57. The minimum absolute atomic E-state index is 0.129. The first kappa shape index (κ1) is 17.4. The highest BCUT2D eigenvalue weighted by Crippen LogP contribution is 2.20. The molecule has 1 saturated heterocycles. The Morgan fingerprint density at radius 3 is 2.88 bits per heavy atom. The molecule has 1 unspecified atom stereocenters. The number of methoxy groups -OCH3 is 1. The summed E-state index contributed by atoms with van der Waals surface area (Å²) in [4.78, 5) is 19.0. The Kier molecular flexibility index (Phi) is 6.01. The predicted molar refractivity (Wildman–Crippen MR) is 97.6 cm³/mol. The van der Waals surface area contributed by atoms with E-state index in [-0.39, 0.29) is 5.91 Å². The summed E-state index contributed by atoms with van der Waals surface area (Å²) in [5, 5.41) is 3.06. The van der Waals surface area contributed by atoms with Gasteiger partial charge in [-0.1, -0.05) is 36.8 Å². The van der Waals surface area contributed by atoms with Gasteiger partial charge >= 0.3 is 0 Å². The number of nitrogens with one attached hydrogen (secondary N) is 1. The molecule has 1 fully saturated rings. The molecule has 1 atom stereocenters. The van der Waals surface area contributed by atoms with Gasteiger partial charge in [0.15, 0.2) is 0 Å². The zero-order valence-electron chi connectivity index (χ0n) is 14.6. The highest BCUT2D eigenvalue weighted by atomic mass is 16.5. The summed E-state index contributed by atoms with van der Waals surface area (Å²) in [6.45, 7) is 2.65. The maximum atomic E-state index is 12.5. The van der Waals surface area contributed by atoms with Gasteiger partial charge in [0.1, 0.15) is 5.56 Å². The van der Waals surface area contributed by atoms with Crippen LogP contribution >= 0.6 is 0 Å². The second kappa shape index (κ2) is 8.62. The van der Waals surface area contributed by atoms with Gasteiger partial charge in [0.05, 0.1) is 7.11 Å². The lowest BCUT2D eigenvalue weighted by Crippen LogP contribution is -2.46. The Balaban J connectivity index is 1.61. The second-order valence-corrected chi connectivity index (χ2v) is 6.38. The van der Waals surface area contributed by atoms with Crippen molar-refractivity contribution < 1.29 is 9.53 Å². The largest absolute Gasteiger partial charge is 0.480 e. The smallest absolute Gasteiger partial charge is 0.256 e. The highest BCUT2D eigenvalue weighted by Gasteiger charge is 2.23. The van der Waals surface area contributed by atoms with E-state index in [0.717, 1.165) is 19.5 Å². The van der Waals surface area contributed by atoms with Gasteiger partial charge in [-0.05, 0) is 37.1 Å². The van der Waals surface area contributed by atoms with E-state index in [9.17, 15) is 4.79 Å². The van der Waals surface area contributed by atoms with Crippen LogP contribution in [0, 0.1) is 0 Å². The molecule has 5 heteroatoms. The van der Waals surface area contributed by atoms with Crippen LogP contribution in [0.4, 0.5) is 0 Å². The summed E-state index contributed by atoms with van der Waals surface area (Å²) in [5.41, 5.74) is 1.80. The number of piperidine rings is 1. The molecule has 0 spiro atoms. The van der Waals surface area contributed by atoms with Crippen LogP contribution in [0.5, 0.6) is 5.88 Å². The van der Waals surface area contributed by atoms with Gasteiger partial charge in [-0.2, -0.15) is 0 Å². The molecule has 1 aromatic heterocycles. The van der Waals surface area contributed by atoms with Gasteiger partial charge in [0, 0.05) is 25.3 Å². The number of benzene rings is 1. The lowest BCUT2D eigenvalue weighted by Gasteiger charge is -2.36. The normalized spacial score (nSPS) is 17.9. The third-order valence-electron chi connectivity index (χ3n) is 4.68. The standard InChI is InChI=1S/C20H25N3O2/c1-25-20-18(11-7-12-21-20)19(24)22-14-17-10-5-6-13-23(17)15-16-8-3-2-4-9-16/h2-4,7-9,11-12,17H,5-6,10,13-15H2,1H3,(H,22,24). The van der Waals surface area contributed by atoms with E-state index in [1.807, 2.05) is 6.07 Å². The van der Waals surface area contributed by atoms with Crippen molar-refractivity contribution in [2.45, 2.75) is 31.8 Å². The number of nitrogens with zero attached hydrogens (tertiary/aromatic N) is 2. The van der Waals surface area contributed by atoms with Gasteiger partial charge in [-0.15, -0.1) is 0 Å². The SMILES string of the molecule is COc1ncccc1C(=O)NCC1CCCCN1Cc1ccccc1. The molecule has 0 aliphatic carbocycles. The van der Waals surface area contributed by atoms with E-state index in [1.165, 1.54) is 25.5 Å². The first-order valence-corrected chi connectivity index (χ1v) is 8.83. The fourth-order valence-electron chi connectivity index (χ4n) is 3.35. The Morgan fingerprint density at radius 1 is 1.24 bits per heavy atom. The molecule has 2 aromatic rings. The monoisotopic (exact) mass is 339 g/mol. The number of hydrogen-bond acceptors (Lipinski definition) is 4. The topological polar surface area (TPSA) is 54.5 Å². The Bertz CT molecular complexity index is 690. The zero-order chi connectivity index (χ0) is 17.5. The lowest BCUT2D eigenvalue weighted by molar-refractivity contribution is 0.0904. The Labute approximate surface area is 149 Å². The molecule has 5 nitrogen and oxygen atoms in total. The van der Waals surface area contributed by atoms with Crippen molar-refractivity contribution in [1.82, 2.24) is 15.2 Å². The van der Waals surface area contributed by atoms with Crippen molar-refractivity contribution in [3.05, 3.63) is 59.8 Å². The van der Waals surface area contributed by atoms with Crippen LogP contribution in [0.15, 0.2) is 48.7 Å². The molecule has 1 aliphatic rings. The van der Waals surface area contributed by atoms with Crippen LogP contribution in [-0.2, 0) is 6.54 Å². The van der Waals surface area contributed by atoms with Gasteiger partial charge in [-0.25, -0.2) is 4.98 Å². The van der Waals surface area contributed by atoms with Crippen molar-refractivity contribution >= 4 is 5.91 Å². The van der Waals surface area contributed by atoms with Crippen molar-refractivity contribution in [2.24, 2.45) is 0 Å². The molecular weight excluding hydrogens is 314 g/mol. The van der Waals surface area contributed by atoms with E-state index < -0.39 is 0 Å². The minimum Gasteiger partial charge on any atom is -0.480 e. The van der Waals surface area contributed by atoms with E-state index in [1.54, 1.807) is 18.3 Å². The van der Waals surface area contributed by atoms with Crippen LogP contribution in [0.2, 0.25) is 0 Å². The van der Waals surface area contributed by atoms with Gasteiger partial charge < -0.3 is 10.1 Å². The number of hydrogen-bond donors (Lipinski definition) is 1. The summed E-state index contributed by atoms with van der Waals surface area (Å²) in [5.74, 6) is 0.236. The number of amides is 1. The molecule has 132 valence electrons. The zero-order valence-corrected chi connectivity index (χ0v) is 14.6. The van der Waals surface area contributed by atoms with Crippen LogP contribution in [0.25, 0.3) is 0 Å². The predicted octanol–water partition coefficient (Wildman–Crippen LogP) is 2.87. The van der Waals surface area contributed by atoms with E-state index in [2.05, 4.69) is 39.5 Å². The van der Waals surface area contributed by atoms with E-state index in [0.29, 0.717) is 24.0 Å². The summed E-state index contributed by atoms with van der Waals surface area (Å²) in [6, 6.07) is 14.4. The maximum absolute atomic E-state index is 12.5. The first-order chi connectivity index (χ1) is 12.3. The summed E-state index contributed by atoms with van der Waals surface area (Å²) in [7, 11) is 1.53. The maximum Gasteiger partial charge on any atom is 0.256 e. The van der Waals surface area contributed by atoms with Crippen molar-refractivity contribution in [3.8, 4) is 5.88 Å². The molecule has 1 aromatic carbocycles. The fourth-order valence-corrected chi connectivity index (χ4v) is 3.35. The Hall–Kier alpha value is -2.40. The summed E-state index contributed by atoms with van der Waals surface area (Å²) >= 11 is 0. The van der Waals surface area contributed by atoms with Gasteiger partial charge in [0.25, 0.3) is 5.91 Å². The van der Waals surface area contributed by atoms with E-state index in [4.69, 9.17) is 4.74 Å². The molecule has 1 amide bonds. The van der Waals surface area contributed by atoms with Crippen molar-refractivity contribution in [3.63, 3.8) is 0 Å².